The van der Waals surface area contributed by atoms with E-state index in [-0.39, 0.29) is 0 Å². The van der Waals surface area contributed by atoms with Crippen molar-refractivity contribution in [2.24, 2.45) is 5.92 Å². The molecule has 5 nitrogen and oxygen atoms in total. The number of H-pyrrole nitrogens is 1. The molecule has 1 fully saturated rings. The Morgan fingerprint density at radius 2 is 2.23 bits per heavy atom. The highest BCUT2D eigenvalue weighted by Crippen LogP contribution is 2.25. The molecule has 1 aromatic heterocycles. The van der Waals surface area contributed by atoms with Crippen LogP contribution < -0.4 is 4.90 Å². The first-order valence-corrected chi connectivity index (χ1v) is 4.81. The maximum Gasteiger partial charge on any atom is 0.265 e. The van der Waals surface area contributed by atoms with E-state index < -0.39 is 0 Å². The number of hydrogen-bond donors (Lipinski definition) is 1. The molecule has 72 valence electrons. The molecule has 1 aliphatic carbocycles. The molecule has 1 heterocycles. The van der Waals surface area contributed by atoms with Gasteiger partial charge < -0.3 is 4.90 Å². The average molecular weight is 181 g/mol. The Morgan fingerprint density at radius 3 is 2.85 bits per heavy atom. The Bertz CT molecular complexity index is 239. The lowest BCUT2D eigenvalue weighted by Crippen LogP contribution is -2.25. The van der Waals surface area contributed by atoms with Gasteiger partial charge in [-0.25, -0.2) is 0 Å². The van der Waals surface area contributed by atoms with Crippen molar-refractivity contribution in [1.29, 1.82) is 0 Å². The first-order chi connectivity index (χ1) is 6.36. The van der Waals surface area contributed by atoms with Crippen LogP contribution in [0.4, 0.5) is 5.95 Å². The van der Waals surface area contributed by atoms with Crippen LogP contribution in [0.25, 0.3) is 0 Å². The Hall–Kier alpha value is -1.13. The third-order valence-corrected chi connectivity index (χ3v) is 2.68. The van der Waals surface area contributed by atoms with Gasteiger partial charge in [0.15, 0.2) is 0 Å². The average Bonchev–Trinajstić information content (AvgIpc) is 2.74. The quantitative estimate of drug-likeness (QED) is 0.750. The summed E-state index contributed by atoms with van der Waals surface area (Å²) in [5.74, 6) is 1.52. The third-order valence-electron chi connectivity index (χ3n) is 2.68. The lowest BCUT2D eigenvalue weighted by atomic mass is 10.1. The largest absolute Gasteiger partial charge is 0.341 e. The first-order valence-electron chi connectivity index (χ1n) is 4.81. The fraction of sp³-hybridized carbons (Fsp3) is 0.875. The fourth-order valence-corrected chi connectivity index (χ4v) is 1.98. The van der Waals surface area contributed by atoms with E-state index in [9.17, 15) is 0 Å². The highest BCUT2D eigenvalue weighted by atomic mass is 15.5. The standard InChI is InChI=1S/C8H15N5/c1-13(8-9-11-12-10-8)6-7-4-2-3-5-7/h7H,2-6H2,1H3,(H,9,10,11,12). The summed E-state index contributed by atoms with van der Waals surface area (Å²) in [6.45, 7) is 1.06. The smallest absolute Gasteiger partial charge is 0.265 e. The highest BCUT2D eigenvalue weighted by molar-refractivity contribution is 5.23. The summed E-state index contributed by atoms with van der Waals surface area (Å²) in [6.07, 6.45) is 5.46. The number of aromatic amines is 1. The molecule has 0 aliphatic heterocycles. The van der Waals surface area contributed by atoms with Crippen molar-refractivity contribution in [2.75, 3.05) is 18.5 Å². The van der Waals surface area contributed by atoms with Gasteiger partial charge in [-0.05, 0) is 24.0 Å². The normalized spacial score (nSPS) is 17.9. The molecule has 0 saturated heterocycles. The van der Waals surface area contributed by atoms with E-state index >= 15 is 0 Å². The van der Waals surface area contributed by atoms with Crippen LogP contribution in [0.5, 0.6) is 0 Å². The van der Waals surface area contributed by atoms with E-state index in [4.69, 9.17) is 0 Å². The summed E-state index contributed by atoms with van der Waals surface area (Å²) >= 11 is 0. The van der Waals surface area contributed by atoms with Gasteiger partial charge in [-0.3, -0.25) is 0 Å². The summed E-state index contributed by atoms with van der Waals surface area (Å²) < 4.78 is 0. The van der Waals surface area contributed by atoms with Crippen LogP contribution in [0.15, 0.2) is 0 Å². The number of aromatic nitrogens is 4. The second-order valence-corrected chi connectivity index (χ2v) is 3.74. The molecular weight excluding hydrogens is 166 g/mol. The molecule has 0 amide bonds. The van der Waals surface area contributed by atoms with Gasteiger partial charge in [0.25, 0.3) is 5.95 Å². The van der Waals surface area contributed by atoms with E-state index in [0.717, 1.165) is 12.5 Å². The Labute approximate surface area is 77.5 Å². The van der Waals surface area contributed by atoms with Crippen molar-refractivity contribution < 1.29 is 0 Å². The van der Waals surface area contributed by atoms with Crippen molar-refractivity contribution in [3.63, 3.8) is 0 Å². The Kier molecular flexibility index (Phi) is 2.42. The molecule has 0 radical (unpaired) electrons. The van der Waals surface area contributed by atoms with E-state index in [1.807, 2.05) is 7.05 Å². The van der Waals surface area contributed by atoms with Gasteiger partial charge in [0, 0.05) is 13.6 Å². The number of tetrazole rings is 1. The molecule has 5 heteroatoms. The van der Waals surface area contributed by atoms with Crippen molar-refractivity contribution in [3.8, 4) is 0 Å². The zero-order valence-corrected chi connectivity index (χ0v) is 7.90. The number of hydrogen-bond acceptors (Lipinski definition) is 4. The first kappa shape index (κ1) is 8.47. The zero-order valence-electron chi connectivity index (χ0n) is 7.90. The maximum atomic E-state index is 3.94. The molecule has 0 spiro atoms. The molecular formula is C8H15N5. The Balaban J connectivity index is 1.87. The molecule has 2 rings (SSSR count). The van der Waals surface area contributed by atoms with Crippen LogP contribution in [0.3, 0.4) is 0 Å². The van der Waals surface area contributed by atoms with E-state index in [0.29, 0.717) is 5.95 Å². The predicted octanol–water partition coefficient (Wildman–Crippen LogP) is 0.826. The molecule has 0 atom stereocenters. The van der Waals surface area contributed by atoms with Gasteiger partial charge in [0.05, 0.1) is 0 Å². The van der Waals surface area contributed by atoms with Gasteiger partial charge >= 0.3 is 0 Å². The fourth-order valence-electron chi connectivity index (χ4n) is 1.98. The van der Waals surface area contributed by atoms with Crippen LogP contribution in [-0.4, -0.2) is 34.2 Å². The summed E-state index contributed by atoms with van der Waals surface area (Å²) in [5.41, 5.74) is 0. The molecule has 0 unspecified atom stereocenters. The van der Waals surface area contributed by atoms with Crippen LogP contribution in [0.2, 0.25) is 0 Å². The molecule has 1 saturated carbocycles. The topological polar surface area (TPSA) is 57.7 Å². The van der Waals surface area contributed by atoms with Crippen LogP contribution in [0.1, 0.15) is 25.7 Å². The lowest BCUT2D eigenvalue weighted by molar-refractivity contribution is 0.542. The predicted molar refractivity (Wildman–Crippen MR) is 49.4 cm³/mol. The van der Waals surface area contributed by atoms with Crippen LogP contribution >= 0.6 is 0 Å². The molecule has 0 aromatic carbocycles. The van der Waals surface area contributed by atoms with Gasteiger partial charge in [-0.2, -0.15) is 5.21 Å². The highest BCUT2D eigenvalue weighted by Gasteiger charge is 2.18. The van der Waals surface area contributed by atoms with Gasteiger partial charge in [-0.1, -0.05) is 17.9 Å². The third kappa shape index (κ3) is 1.96. The minimum Gasteiger partial charge on any atom is -0.341 e. The zero-order chi connectivity index (χ0) is 9.10. The molecule has 1 aromatic rings. The Morgan fingerprint density at radius 1 is 1.46 bits per heavy atom. The van der Waals surface area contributed by atoms with E-state index in [2.05, 4.69) is 25.5 Å². The van der Waals surface area contributed by atoms with Gasteiger partial charge in [-0.15, -0.1) is 5.10 Å². The maximum absolute atomic E-state index is 3.94. The lowest BCUT2D eigenvalue weighted by Gasteiger charge is -2.18. The van der Waals surface area contributed by atoms with Crippen molar-refractivity contribution in [3.05, 3.63) is 0 Å². The van der Waals surface area contributed by atoms with E-state index in [1.54, 1.807) is 0 Å². The summed E-state index contributed by atoms with van der Waals surface area (Å²) in [6, 6.07) is 0. The van der Waals surface area contributed by atoms with Crippen LogP contribution in [0, 0.1) is 5.92 Å². The van der Waals surface area contributed by atoms with Crippen molar-refractivity contribution in [2.45, 2.75) is 25.7 Å². The van der Waals surface area contributed by atoms with E-state index in [1.165, 1.54) is 25.7 Å². The second kappa shape index (κ2) is 3.72. The number of anilines is 1. The monoisotopic (exact) mass is 181 g/mol. The molecule has 0 bridgehead atoms. The second-order valence-electron chi connectivity index (χ2n) is 3.74. The number of nitrogens with zero attached hydrogens (tertiary/aromatic N) is 4. The molecule has 1 aliphatic rings. The minimum atomic E-state index is 0.701. The van der Waals surface area contributed by atoms with Gasteiger partial charge in [0.1, 0.15) is 0 Å². The number of rotatable bonds is 3. The summed E-state index contributed by atoms with van der Waals surface area (Å²) in [7, 11) is 2.02. The van der Waals surface area contributed by atoms with Crippen molar-refractivity contribution in [1.82, 2.24) is 20.6 Å². The number of nitrogens with one attached hydrogen (secondary N) is 1. The van der Waals surface area contributed by atoms with Gasteiger partial charge in [0.2, 0.25) is 0 Å². The summed E-state index contributed by atoms with van der Waals surface area (Å²) in [5, 5.41) is 13.9. The molecule has 1 N–H and O–H groups in total. The minimum absolute atomic E-state index is 0.701. The van der Waals surface area contributed by atoms with Crippen LogP contribution in [-0.2, 0) is 0 Å². The SMILES string of the molecule is CN(CC1CCCC1)c1nn[nH]n1. The van der Waals surface area contributed by atoms with Crippen molar-refractivity contribution >= 4 is 5.95 Å². The molecule has 13 heavy (non-hydrogen) atoms. The summed E-state index contributed by atoms with van der Waals surface area (Å²) in [4.78, 5) is 2.07.